The molecule has 0 bridgehead atoms. The average molecular weight is 323 g/mol. The molecule has 1 aliphatic rings. The third kappa shape index (κ3) is 2.89. The second-order valence-corrected chi connectivity index (χ2v) is 7.16. The molecule has 1 saturated heterocycles. The standard InChI is InChI=1S/C22H29NO/c1-5-23-18(4)24-22(21(23)16-17(2)3,19-12-8-6-9-13-19)20-14-10-7-11-15-20/h6-15,17-18,21H,5,16H2,1-4H3/t18-,21+/m1/s1. The maximum atomic E-state index is 6.76. The van der Waals surface area contributed by atoms with Crippen LogP contribution in [0.15, 0.2) is 60.7 Å². The molecule has 128 valence electrons. The SMILES string of the molecule is CCN1[C@@H](CC(C)C)C(c2ccccc2)(c2ccccc2)O[C@@H]1C. The number of likely N-dealkylation sites (N-methyl/N-ethyl adjacent to an activating group) is 1. The van der Waals surface area contributed by atoms with Crippen molar-refractivity contribution < 1.29 is 4.74 Å². The molecule has 1 fully saturated rings. The highest BCUT2D eigenvalue weighted by Gasteiger charge is 2.53. The van der Waals surface area contributed by atoms with Gasteiger partial charge in [-0.15, -0.1) is 0 Å². The zero-order chi connectivity index (χ0) is 17.2. The predicted octanol–water partition coefficient (Wildman–Crippen LogP) is 5.04. The van der Waals surface area contributed by atoms with Gasteiger partial charge in [0, 0.05) is 6.04 Å². The number of hydrogen-bond acceptors (Lipinski definition) is 2. The van der Waals surface area contributed by atoms with E-state index >= 15 is 0 Å². The van der Waals surface area contributed by atoms with Gasteiger partial charge < -0.3 is 4.74 Å². The lowest BCUT2D eigenvalue weighted by atomic mass is 9.77. The van der Waals surface area contributed by atoms with E-state index < -0.39 is 5.60 Å². The highest BCUT2D eigenvalue weighted by molar-refractivity contribution is 5.40. The summed E-state index contributed by atoms with van der Waals surface area (Å²) in [6.45, 7) is 10.0. The molecule has 0 spiro atoms. The van der Waals surface area contributed by atoms with Gasteiger partial charge in [0.1, 0.15) is 11.8 Å². The Bertz CT molecular complexity index is 598. The first-order chi connectivity index (χ1) is 11.6. The first-order valence-electron chi connectivity index (χ1n) is 9.14. The van der Waals surface area contributed by atoms with Crippen molar-refractivity contribution in [3.05, 3.63) is 71.8 Å². The van der Waals surface area contributed by atoms with Gasteiger partial charge in [0.2, 0.25) is 0 Å². The van der Waals surface area contributed by atoms with Crippen LogP contribution in [0.3, 0.4) is 0 Å². The molecule has 1 heterocycles. The van der Waals surface area contributed by atoms with Crippen LogP contribution in [0.4, 0.5) is 0 Å². The number of rotatable bonds is 5. The maximum Gasteiger partial charge on any atom is 0.136 e. The zero-order valence-corrected chi connectivity index (χ0v) is 15.3. The maximum absolute atomic E-state index is 6.76. The van der Waals surface area contributed by atoms with Crippen molar-refractivity contribution in [2.24, 2.45) is 5.92 Å². The van der Waals surface area contributed by atoms with Crippen LogP contribution in [0.5, 0.6) is 0 Å². The molecule has 0 amide bonds. The number of benzene rings is 2. The Morgan fingerprint density at radius 2 is 1.46 bits per heavy atom. The van der Waals surface area contributed by atoms with E-state index in [2.05, 4.69) is 93.3 Å². The Labute approximate surface area is 146 Å². The summed E-state index contributed by atoms with van der Waals surface area (Å²) in [7, 11) is 0. The van der Waals surface area contributed by atoms with Gasteiger partial charge in [-0.05, 0) is 36.9 Å². The van der Waals surface area contributed by atoms with Gasteiger partial charge in [0.05, 0.1) is 0 Å². The molecule has 0 aliphatic carbocycles. The number of hydrogen-bond donors (Lipinski definition) is 0. The molecule has 0 saturated carbocycles. The van der Waals surface area contributed by atoms with Gasteiger partial charge in [-0.1, -0.05) is 81.4 Å². The van der Waals surface area contributed by atoms with Crippen molar-refractivity contribution >= 4 is 0 Å². The van der Waals surface area contributed by atoms with Gasteiger partial charge in [0.25, 0.3) is 0 Å². The first-order valence-corrected chi connectivity index (χ1v) is 9.14. The molecule has 1 aliphatic heterocycles. The summed E-state index contributed by atoms with van der Waals surface area (Å²) < 4.78 is 6.76. The number of ether oxygens (including phenoxy) is 1. The van der Waals surface area contributed by atoms with Crippen LogP contribution < -0.4 is 0 Å². The molecule has 0 N–H and O–H groups in total. The summed E-state index contributed by atoms with van der Waals surface area (Å²) in [4.78, 5) is 2.51. The van der Waals surface area contributed by atoms with Crippen molar-refractivity contribution in [3.63, 3.8) is 0 Å². The summed E-state index contributed by atoms with van der Waals surface area (Å²) in [6.07, 6.45) is 1.22. The van der Waals surface area contributed by atoms with Gasteiger partial charge in [0.15, 0.2) is 0 Å². The van der Waals surface area contributed by atoms with Crippen LogP contribution in [-0.4, -0.2) is 23.7 Å². The van der Waals surface area contributed by atoms with Crippen molar-refractivity contribution in [1.29, 1.82) is 0 Å². The summed E-state index contributed by atoms with van der Waals surface area (Å²) >= 11 is 0. The van der Waals surface area contributed by atoms with E-state index in [4.69, 9.17) is 4.74 Å². The average Bonchev–Trinajstić information content (AvgIpc) is 2.88. The fourth-order valence-electron chi connectivity index (χ4n) is 4.19. The highest BCUT2D eigenvalue weighted by Crippen LogP contribution is 2.47. The lowest BCUT2D eigenvalue weighted by molar-refractivity contribution is -0.0306. The van der Waals surface area contributed by atoms with E-state index in [9.17, 15) is 0 Å². The van der Waals surface area contributed by atoms with E-state index in [1.807, 2.05) is 0 Å². The van der Waals surface area contributed by atoms with Crippen LogP contribution in [0.2, 0.25) is 0 Å². The molecule has 0 unspecified atom stereocenters. The molecule has 2 heteroatoms. The molecule has 0 radical (unpaired) electrons. The number of nitrogens with zero attached hydrogens (tertiary/aromatic N) is 1. The first kappa shape index (κ1) is 17.2. The van der Waals surface area contributed by atoms with Crippen molar-refractivity contribution in [2.75, 3.05) is 6.54 Å². The van der Waals surface area contributed by atoms with Gasteiger partial charge in [-0.25, -0.2) is 0 Å². The van der Waals surface area contributed by atoms with Crippen molar-refractivity contribution in [2.45, 2.75) is 52.0 Å². The quantitative estimate of drug-likeness (QED) is 0.764. The Hall–Kier alpha value is -1.64. The molecular formula is C22H29NO. The van der Waals surface area contributed by atoms with E-state index in [1.165, 1.54) is 11.1 Å². The molecular weight excluding hydrogens is 294 g/mol. The summed E-state index contributed by atoms with van der Waals surface area (Å²) in [6, 6.07) is 21.8. The molecule has 0 aromatic heterocycles. The van der Waals surface area contributed by atoms with E-state index in [-0.39, 0.29) is 6.23 Å². The van der Waals surface area contributed by atoms with Crippen molar-refractivity contribution in [3.8, 4) is 0 Å². The summed E-state index contributed by atoms with van der Waals surface area (Å²) in [5, 5.41) is 0. The van der Waals surface area contributed by atoms with Gasteiger partial charge in [-0.3, -0.25) is 4.90 Å². The van der Waals surface area contributed by atoms with Crippen LogP contribution >= 0.6 is 0 Å². The van der Waals surface area contributed by atoms with Crippen molar-refractivity contribution in [1.82, 2.24) is 4.90 Å². The Morgan fingerprint density at radius 1 is 0.958 bits per heavy atom. The third-order valence-electron chi connectivity index (χ3n) is 5.16. The lowest BCUT2D eigenvalue weighted by Crippen LogP contribution is -2.45. The minimum atomic E-state index is -0.401. The smallest absolute Gasteiger partial charge is 0.136 e. The van der Waals surface area contributed by atoms with Crippen LogP contribution in [0, 0.1) is 5.92 Å². The predicted molar refractivity (Wildman–Crippen MR) is 99.8 cm³/mol. The topological polar surface area (TPSA) is 12.5 Å². The van der Waals surface area contributed by atoms with E-state index in [1.54, 1.807) is 0 Å². The largest absolute Gasteiger partial charge is 0.346 e. The Kier molecular flexibility index (Phi) is 5.07. The summed E-state index contributed by atoms with van der Waals surface area (Å²) in [5.41, 5.74) is 2.11. The minimum Gasteiger partial charge on any atom is -0.346 e. The Morgan fingerprint density at radius 3 is 1.88 bits per heavy atom. The molecule has 24 heavy (non-hydrogen) atoms. The fourth-order valence-corrected chi connectivity index (χ4v) is 4.19. The minimum absolute atomic E-state index is 0.110. The van der Waals surface area contributed by atoms with Crippen LogP contribution in [0.1, 0.15) is 45.2 Å². The van der Waals surface area contributed by atoms with Crippen LogP contribution in [-0.2, 0) is 10.3 Å². The summed E-state index contributed by atoms with van der Waals surface area (Å²) in [5.74, 6) is 0.616. The van der Waals surface area contributed by atoms with Gasteiger partial charge >= 0.3 is 0 Å². The second-order valence-electron chi connectivity index (χ2n) is 7.16. The molecule has 2 nitrogen and oxygen atoms in total. The normalized spacial score (nSPS) is 23.7. The molecule has 3 rings (SSSR count). The fraction of sp³-hybridized carbons (Fsp3) is 0.455. The monoisotopic (exact) mass is 323 g/mol. The van der Waals surface area contributed by atoms with E-state index in [0.29, 0.717) is 12.0 Å². The third-order valence-corrected chi connectivity index (χ3v) is 5.16. The second kappa shape index (κ2) is 7.08. The zero-order valence-electron chi connectivity index (χ0n) is 15.3. The van der Waals surface area contributed by atoms with Gasteiger partial charge in [-0.2, -0.15) is 0 Å². The van der Waals surface area contributed by atoms with E-state index in [0.717, 1.165) is 13.0 Å². The Balaban J connectivity index is 2.20. The van der Waals surface area contributed by atoms with Crippen LogP contribution in [0.25, 0.3) is 0 Å². The lowest BCUT2D eigenvalue weighted by Gasteiger charge is -2.38. The highest BCUT2D eigenvalue weighted by atomic mass is 16.5. The molecule has 2 aromatic carbocycles. The molecule has 2 aromatic rings. The molecule has 2 atom stereocenters.